The summed E-state index contributed by atoms with van der Waals surface area (Å²) in [7, 11) is 0. The first-order valence-electron chi connectivity index (χ1n) is 10.9. The maximum atomic E-state index is 12.8. The molecule has 2 amide bonds. The van der Waals surface area contributed by atoms with Crippen LogP contribution in [0.2, 0.25) is 0 Å². The topological polar surface area (TPSA) is 116 Å². The third-order valence-electron chi connectivity index (χ3n) is 5.12. The van der Waals surface area contributed by atoms with E-state index in [1.165, 1.54) is 29.2 Å². The van der Waals surface area contributed by atoms with Crippen LogP contribution in [0.5, 0.6) is 11.5 Å². The van der Waals surface area contributed by atoms with Gasteiger partial charge in [-0.3, -0.25) is 24.6 Å². The van der Waals surface area contributed by atoms with Crippen molar-refractivity contribution in [1.29, 1.82) is 0 Å². The Balaban J connectivity index is 1.54. The van der Waals surface area contributed by atoms with Gasteiger partial charge in [-0.1, -0.05) is 42.5 Å². The third kappa shape index (κ3) is 5.61. The van der Waals surface area contributed by atoms with Crippen molar-refractivity contribution in [2.75, 3.05) is 6.61 Å². The fraction of sp³-hybridized carbons (Fsp3) is 0.115. The Bertz CT molecular complexity index is 1370. The van der Waals surface area contributed by atoms with Crippen molar-refractivity contribution in [2.24, 2.45) is 0 Å². The molecule has 0 aromatic heterocycles. The number of nitrogens with zero attached hydrogens (tertiary/aromatic N) is 2. The number of ether oxygens (including phenoxy) is 2. The minimum Gasteiger partial charge on any atom is -0.490 e. The van der Waals surface area contributed by atoms with E-state index >= 15 is 0 Å². The monoisotopic (exact) mass is 504 g/mol. The molecule has 0 N–H and O–H groups in total. The lowest BCUT2D eigenvalue weighted by Crippen LogP contribution is -2.27. The fourth-order valence-corrected chi connectivity index (χ4v) is 4.26. The molecular weight excluding hydrogens is 484 g/mol. The summed E-state index contributed by atoms with van der Waals surface area (Å²) in [5.41, 5.74) is 1.20. The number of benzene rings is 3. The van der Waals surface area contributed by atoms with E-state index in [4.69, 9.17) is 9.47 Å². The van der Waals surface area contributed by atoms with Gasteiger partial charge in [-0.25, -0.2) is 4.79 Å². The standard InChI is InChI=1S/C26H20N2O7S/c1-2-34-22-13-18(11-12-21(22)35-25(30)19-9-6-10-20(15-19)28(32)33)14-23-24(29)27(26(31)36-23)16-17-7-4-3-5-8-17/h3-15H,2,16H2,1H3/b23-14-. The molecule has 3 aromatic rings. The molecule has 1 heterocycles. The molecule has 1 aliphatic rings. The highest BCUT2D eigenvalue weighted by Gasteiger charge is 2.35. The van der Waals surface area contributed by atoms with E-state index in [0.29, 0.717) is 5.56 Å². The average Bonchev–Trinajstić information content (AvgIpc) is 3.13. The number of esters is 1. The van der Waals surface area contributed by atoms with Crippen LogP contribution in [-0.4, -0.2) is 33.5 Å². The molecule has 0 radical (unpaired) electrons. The lowest BCUT2D eigenvalue weighted by molar-refractivity contribution is -0.384. The Morgan fingerprint density at radius 2 is 1.81 bits per heavy atom. The van der Waals surface area contributed by atoms with Crippen LogP contribution in [0, 0.1) is 10.1 Å². The number of thioether (sulfide) groups is 1. The predicted octanol–water partition coefficient (Wildman–Crippen LogP) is 5.45. The van der Waals surface area contributed by atoms with Gasteiger partial charge in [-0.2, -0.15) is 0 Å². The number of imide groups is 1. The highest BCUT2D eigenvalue weighted by Crippen LogP contribution is 2.35. The normalized spacial score (nSPS) is 14.2. The summed E-state index contributed by atoms with van der Waals surface area (Å²) in [4.78, 5) is 49.7. The van der Waals surface area contributed by atoms with Crippen molar-refractivity contribution >= 4 is 40.6 Å². The molecule has 1 fully saturated rings. The van der Waals surface area contributed by atoms with Crippen molar-refractivity contribution in [1.82, 2.24) is 4.90 Å². The number of nitro groups is 1. The zero-order valence-corrected chi connectivity index (χ0v) is 19.9. The Labute approximate surface area is 210 Å². The Kier molecular flexibility index (Phi) is 7.45. The van der Waals surface area contributed by atoms with Crippen molar-refractivity contribution in [3.8, 4) is 11.5 Å². The second-order valence-corrected chi connectivity index (χ2v) is 8.58. The van der Waals surface area contributed by atoms with Crippen LogP contribution in [0.25, 0.3) is 6.08 Å². The van der Waals surface area contributed by atoms with Crippen LogP contribution >= 0.6 is 11.8 Å². The zero-order valence-electron chi connectivity index (χ0n) is 19.1. The van der Waals surface area contributed by atoms with E-state index in [9.17, 15) is 24.5 Å². The zero-order chi connectivity index (χ0) is 25.7. The number of hydrogen-bond donors (Lipinski definition) is 0. The molecular formula is C26H20N2O7S. The van der Waals surface area contributed by atoms with Crippen LogP contribution in [0.4, 0.5) is 10.5 Å². The van der Waals surface area contributed by atoms with E-state index in [1.54, 1.807) is 25.1 Å². The number of carbonyl (C=O) groups excluding carboxylic acids is 3. The van der Waals surface area contributed by atoms with E-state index in [-0.39, 0.29) is 46.0 Å². The summed E-state index contributed by atoms with van der Waals surface area (Å²) in [6, 6.07) is 19.1. The number of rotatable bonds is 8. The molecule has 1 aliphatic heterocycles. The SMILES string of the molecule is CCOc1cc(/C=C2\SC(=O)N(Cc3ccccc3)C2=O)ccc1OC(=O)c1cccc([N+](=O)[O-])c1. The van der Waals surface area contributed by atoms with Gasteiger partial charge in [0, 0.05) is 12.1 Å². The first-order valence-corrected chi connectivity index (χ1v) is 11.7. The van der Waals surface area contributed by atoms with E-state index in [2.05, 4.69) is 0 Å². The average molecular weight is 505 g/mol. The molecule has 0 atom stereocenters. The molecule has 10 heteroatoms. The summed E-state index contributed by atoms with van der Waals surface area (Å²) in [6.45, 7) is 2.21. The summed E-state index contributed by atoms with van der Waals surface area (Å²) in [6.07, 6.45) is 1.57. The van der Waals surface area contributed by atoms with Gasteiger partial charge in [0.05, 0.1) is 28.5 Å². The highest BCUT2D eigenvalue weighted by atomic mass is 32.2. The minimum absolute atomic E-state index is 0.0165. The first-order chi connectivity index (χ1) is 17.4. The molecule has 0 bridgehead atoms. The predicted molar refractivity (Wildman–Crippen MR) is 134 cm³/mol. The minimum atomic E-state index is -0.783. The van der Waals surface area contributed by atoms with Crippen LogP contribution < -0.4 is 9.47 Å². The Morgan fingerprint density at radius 3 is 2.53 bits per heavy atom. The van der Waals surface area contributed by atoms with Gasteiger partial charge in [-0.05, 0) is 54.1 Å². The molecule has 1 saturated heterocycles. The maximum Gasteiger partial charge on any atom is 0.343 e. The van der Waals surface area contributed by atoms with Crippen molar-refractivity contribution in [3.05, 3.63) is 105 Å². The molecule has 182 valence electrons. The molecule has 4 rings (SSSR count). The van der Waals surface area contributed by atoms with E-state index < -0.39 is 16.8 Å². The number of nitro benzene ring substituents is 1. The summed E-state index contributed by atoms with van der Waals surface area (Å²) in [5, 5.41) is 10.6. The number of amides is 2. The smallest absolute Gasteiger partial charge is 0.343 e. The summed E-state index contributed by atoms with van der Waals surface area (Å²) in [5.74, 6) is -0.821. The second kappa shape index (κ2) is 10.9. The summed E-state index contributed by atoms with van der Waals surface area (Å²) >= 11 is 0.848. The van der Waals surface area contributed by atoms with Gasteiger partial charge in [0.1, 0.15) is 0 Å². The van der Waals surface area contributed by atoms with Gasteiger partial charge in [0.2, 0.25) is 0 Å². The number of non-ortho nitro benzene ring substituents is 1. The third-order valence-corrected chi connectivity index (χ3v) is 6.03. The second-order valence-electron chi connectivity index (χ2n) is 7.59. The van der Waals surface area contributed by atoms with Gasteiger partial charge < -0.3 is 9.47 Å². The molecule has 3 aromatic carbocycles. The van der Waals surface area contributed by atoms with Gasteiger partial charge in [0.15, 0.2) is 11.5 Å². The fourth-order valence-electron chi connectivity index (χ4n) is 3.43. The van der Waals surface area contributed by atoms with E-state index in [0.717, 1.165) is 23.4 Å². The van der Waals surface area contributed by atoms with Crippen LogP contribution in [0.3, 0.4) is 0 Å². The molecule has 0 unspecified atom stereocenters. The van der Waals surface area contributed by atoms with Crippen molar-refractivity contribution in [3.63, 3.8) is 0 Å². The van der Waals surface area contributed by atoms with Crippen LogP contribution in [-0.2, 0) is 11.3 Å². The number of carbonyl (C=O) groups is 3. The van der Waals surface area contributed by atoms with Gasteiger partial charge in [-0.15, -0.1) is 0 Å². The molecule has 0 aliphatic carbocycles. The lowest BCUT2D eigenvalue weighted by atomic mass is 10.1. The largest absolute Gasteiger partial charge is 0.490 e. The molecule has 9 nitrogen and oxygen atoms in total. The molecule has 36 heavy (non-hydrogen) atoms. The van der Waals surface area contributed by atoms with Crippen LogP contribution in [0.1, 0.15) is 28.4 Å². The van der Waals surface area contributed by atoms with Crippen molar-refractivity contribution in [2.45, 2.75) is 13.5 Å². The molecule has 0 spiro atoms. The first kappa shape index (κ1) is 24.7. The summed E-state index contributed by atoms with van der Waals surface area (Å²) < 4.78 is 11.0. The van der Waals surface area contributed by atoms with Crippen molar-refractivity contribution < 1.29 is 28.8 Å². The Morgan fingerprint density at radius 1 is 1.03 bits per heavy atom. The van der Waals surface area contributed by atoms with E-state index in [1.807, 2.05) is 30.3 Å². The lowest BCUT2D eigenvalue weighted by Gasteiger charge is -2.12. The number of hydrogen-bond acceptors (Lipinski definition) is 8. The van der Waals surface area contributed by atoms with Crippen LogP contribution in [0.15, 0.2) is 77.7 Å². The van der Waals surface area contributed by atoms with Gasteiger partial charge in [0.25, 0.3) is 16.8 Å². The maximum absolute atomic E-state index is 12.8. The molecule has 0 saturated carbocycles. The highest BCUT2D eigenvalue weighted by molar-refractivity contribution is 8.18. The van der Waals surface area contributed by atoms with Gasteiger partial charge >= 0.3 is 5.97 Å². The Hall–Kier alpha value is -4.44. The quantitative estimate of drug-likeness (QED) is 0.131.